The Morgan fingerprint density at radius 2 is 0.600 bits per heavy atom. The van der Waals surface area contributed by atoms with Crippen molar-refractivity contribution in [2.75, 3.05) is 0 Å². The molecule has 2 aromatic heterocycles. The van der Waals surface area contributed by atoms with Gasteiger partial charge in [0.2, 0.25) is 0 Å². The SMILES string of the molecule is CCCCC(CC)CC1(CC(CC)CCCC)c2cc(C)ccc2-c2ccc(-c3ccc4c(c3)C3(c5cc(-c6ccc7c(c6)C(CC(CC)CCCC)(CC(CC)CCCC)c6cc(C)ccc6-7)ccc5-4)c4ccc[nH+]c4-c4[nH+]cccc43)cc21. The van der Waals surface area contributed by atoms with Crippen LogP contribution in [-0.4, -0.2) is 0 Å². The molecule has 8 aromatic rings. The van der Waals surface area contributed by atoms with Crippen LogP contribution in [0.2, 0.25) is 0 Å². The van der Waals surface area contributed by atoms with Crippen LogP contribution in [0.5, 0.6) is 0 Å². The van der Waals surface area contributed by atoms with E-state index >= 15 is 0 Å². The Morgan fingerprint density at radius 1 is 0.318 bits per heavy atom. The van der Waals surface area contributed by atoms with E-state index in [1.54, 1.807) is 22.3 Å². The third-order valence-corrected chi connectivity index (χ3v) is 22.3. The Kier molecular flexibility index (Phi) is 17.2. The monoisotopic (exact) mass is 1120 g/mol. The average molecular weight is 1130 g/mol. The highest BCUT2D eigenvalue weighted by Crippen LogP contribution is 2.64. The van der Waals surface area contributed by atoms with E-state index in [2.05, 4.69) is 225 Å². The maximum atomic E-state index is 3.81. The smallest absolute Gasteiger partial charge is 0.206 e. The molecule has 6 aromatic carbocycles. The molecule has 0 aliphatic heterocycles. The van der Waals surface area contributed by atoms with Gasteiger partial charge in [-0.1, -0.05) is 254 Å². The summed E-state index contributed by atoms with van der Waals surface area (Å²) in [5.74, 6) is 2.72. The highest BCUT2D eigenvalue weighted by molar-refractivity contribution is 5.95. The van der Waals surface area contributed by atoms with Gasteiger partial charge in [-0.15, -0.1) is 0 Å². The van der Waals surface area contributed by atoms with Crippen LogP contribution < -0.4 is 9.97 Å². The molecule has 4 unspecified atom stereocenters. The molecule has 0 bridgehead atoms. The quantitative estimate of drug-likeness (QED) is 0.0517. The van der Waals surface area contributed by atoms with E-state index in [0.29, 0.717) is 23.7 Å². The first kappa shape index (κ1) is 59.0. The van der Waals surface area contributed by atoms with Gasteiger partial charge in [-0.3, -0.25) is 0 Å². The first-order valence-corrected chi connectivity index (χ1v) is 34.4. The Labute approximate surface area is 513 Å². The highest BCUT2D eigenvalue weighted by Gasteiger charge is 2.57. The number of hydrogen-bond donors (Lipinski definition) is 0. The second kappa shape index (κ2) is 24.8. The van der Waals surface area contributed by atoms with Crippen molar-refractivity contribution in [1.29, 1.82) is 0 Å². The minimum atomic E-state index is -0.540. The number of hydrogen-bond acceptors (Lipinski definition) is 0. The lowest BCUT2D eigenvalue weighted by atomic mass is 9.64. The van der Waals surface area contributed by atoms with Gasteiger partial charge >= 0.3 is 0 Å². The van der Waals surface area contributed by atoms with Crippen LogP contribution in [0.3, 0.4) is 0 Å². The Hall–Kier alpha value is -6.38. The predicted molar refractivity (Wildman–Crippen MR) is 360 cm³/mol. The molecule has 2 heteroatoms. The molecule has 4 atom stereocenters. The molecule has 85 heavy (non-hydrogen) atoms. The number of fused-ring (bicyclic) bond motifs is 16. The molecule has 4 aliphatic rings. The number of aromatic amines is 2. The van der Waals surface area contributed by atoms with Gasteiger partial charge in [-0.25, -0.2) is 9.97 Å². The number of aryl methyl sites for hydroxylation is 2. The maximum Gasteiger partial charge on any atom is 0.280 e. The van der Waals surface area contributed by atoms with Crippen molar-refractivity contribution < 1.29 is 9.97 Å². The number of aromatic nitrogens is 2. The van der Waals surface area contributed by atoms with Gasteiger partial charge in [-0.2, -0.15) is 0 Å². The molecule has 0 saturated carbocycles. The van der Waals surface area contributed by atoms with Crippen molar-refractivity contribution in [3.05, 3.63) is 201 Å². The fourth-order valence-electron chi connectivity index (χ4n) is 17.7. The first-order valence-electron chi connectivity index (χ1n) is 34.4. The molecule has 1 spiro atoms. The third-order valence-electron chi connectivity index (χ3n) is 22.3. The summed E-state index contributed by atoms with van der Waals surface area (Å²) >= 11 is 0. The predicted octanol–water partition coefficient (Wildman–Crippen LogP) is 22.6. The van der Waals surface area contributed by atoms with Crippen LogP contribution in [0.1, 0.15) is 239 Å². The standard InChI is InChI=1S/C83H98N2/c1-11-19-25-57(15-5)51-81(52-58(16-6)26-20-12-2)73-45-55(9)31-37-65(73)67-39-33-61(47-75(67)81)63-35-41-69-70-42-36-64(50-78(70)83(77(69)49-63)71-29-23-43-84-79(71)80-72(83)30-24-44-85-80)62-34-40-68-66-38-32-56(10)46-74(66)82(76(68)48-62,53-59(17-7)27-21-13-3)54-60(18-8)28-22-14-4/h23-24,29-50,57-60H,11-22,25-28,51-54H2,1-10H3/p+2. The Morgan fingerprint density at radius 3 is 0.906 bits per heavy atom. The zero-order chi connectivity index (χ0) is 59.0. The molecule has 0 radical (unpaired) electrons. The van der Waals surface area contributed by atoms with E-state index in [4.69, 9.17) is 0 Å². The van der Waals surface area contributed by atoms with Crippen LogP contribution in [-0.2, 0) is 16.2 Å². The number of rotatable bonds is 26. The summed E-state index contributed by atoms with van der Waals surface area (Å²) in [6.45, 7) is 24.0. The van der Waals surface area contributed by atoms with Gasteiger partial charge in [0.25, 0.3) is 11.4 Å². The van der Waals surface area contributed by atoms with E-state index in [9.17, 15) is 0 Å². The number of benzene rings is 6. The van der Waals surface area contributed by atoms with Crippen LogP contribution in [0.4, 0.5) is 0 Å². The number of H-pyrrole nitrogens is 2. The van der Waals surface area contributed by atoms with Gasteiger partial charge in [0.05, 0.1) is 16.5 Å². The van der Waals surface area contributed by atoms with Crippen LogP contribution in [0, 0.1) is 37.5 Å². The lowest BCUT2D eigenvalue weighted by Gasteiger charge is -2.39. The summed E-state index contributed by atoms with van der Waals surface area (Å²) in [4.78, 5) is 7.62. The zero-order valence-electron chi connectivity index (χ0n) is 53.8. The summed E-state index contributed by atoms with van der Waals surface area (Å²) in [7, 11) is 0. The van der Waals surface area contributed by atoms with Crippen LogP contribution >= 0.6 is 0 Å². The van der Waals surface area contributed by atoms with Crippen molar-refractivity contribution in [2.24, 2.45) is 23.7 Å². The molecule has 440 valence electrons. The molecule has 0 amide bonds. The molecule has 2 nitrogen and oxygen atoms in total. The molecule has 0 saturated heterocycles. The summed E-state index contributed by atoms with van der Waals surface area (Å²) in [6.07, 6.45) is 29.5. The number of nitrogens with one attached hydrogen (secondary N) is 2. The fraction of sp³-hybridized carbons (Fsp3) is 0.446. The molecule has 2 heterocycles. The topological polar surface area (TPSA) is 28.3 Å². The minimum Gasteiger partial charge on any atom is -0.206 e. The van der Waals surface area contributed by atoms with E-state index in [1.165, 1.54) is 229 Å². The average Bonchev–Trinajstić information content (AvgIpc) is 1.55. The minimum absolute atomic E-state index is 0.0341. The van der Waals surface area contributed by atoms with Crippen molar-refractivity contribution in [2.45, 2.75) is 214 Å². The van der Waals surface area contributed by atoms with E-state index in [-0.39, 0.29) is 10.8 Å². The second-order valence-corrected chi connectivity index (χ2v) is 27.5. The maximum absolute atomic E-state index is 3.81. The Balaban J connectivity index is 1.03. The molecular weight excluding hydrogens is 1020 g/mol. The summed E-state index contributed by atoms with van der Waals surface area (Å²) in [5.41, 5.74) is 30.1. The summed E-state index contributed by atoms with van der Waals surface area (Å²) in [6, 6.07) is 54.8. The Bertz CT molecular complexity index is 3420. The van der Waals surface area contributed by atoms with Gasteiger partial charge in [0.15, 0.2) is 12.4 Å². The molecule has 4 aliphatic carbocycles. The van der Waals surface area contributed by atoms with E-state index in [1.807, 2.05) is 0 Å². The van der Waals surface area contributed by atoms with Gasteiger partial charge in [0.1, 0.15) is 0 Å². The normalized spacial score (nSPS) is 18.5. The zero-order valence-corrected chi connectivity index (χ0v) is 53.8. The van der Waals surface area contributed by atoms with Crippen molar-refractivity contribution >= 4 is 0 Å². The summed E-state index contributed by atoms with van der Waals surface area (Å²) in [5, 5.41) is 0. The molecule has 0 fully saturated rings. The molecule has 2 N–H and O–H groups in total. The van der Waals surface area contributed by atoms with Crippen LogP contribution in [0.25, 0.3) is 67.0 Å². The lowest BCUT2D eigenvalue weighted by molar-refractivity contribution is -0.401. The van der Waals surface area contributed by atoms with Crippen molar-refractivity contribution in [1.82, 2.24) is 0 Å². The molecule has 12 rings (SSSR count). The fourth-order valence-corrected chi connectivity index (χ4v) is 17.7. The van der Waals surface area contributed by atoms with Crippen molar-refractivity contribution in [3.63, 3.8) is 0 Å². The second-order valence-electron chi connectivity index (χ2n) is 27.5. The molecular formula is C83H100N2+2. The number of pyridine rings is 2. The summed E-state index contributed by atoms with van der Waals surface area (Å²) < 4.78 is 0. The van der Waals surface area contributed by atoms with Gasteiger partial charge < -0.3 is 0 Å². The lowest BCUT2D eigenvalue weighted by Crippen LogP contribution is -2.31. The van der Waals surface area contributed by atoms with E-state index in [0.717, 1.165) is 0 Å². The first-order chi connectivity index (χ1) is 41.5. The van der Waals surface area contributed by atoms with Crippen molar-refractivity contribution in [3.8, 4) is 67.0 Å². The third kappa shape index (κ3) is 10.1. The largest absolute Gasteiger partial charge is 0.280 e. The highest BCUT2D eigenvalue weighted by atomic mass is 14.8. The van der Waals surface area contributed by atoms with Gasteiger partial charge in [-0.05, 0) is 189 Å². The van der Waals surface area contributed by atoms with Crippen LogP contribution in [0.15, 0.2) is 146 Å². The van der Waals surface area contributed by atoms with Gasteiger partial charge in [0, 0.05) is 23.0 Å². The number of unbranched alkanes of at least 4 members (excludes halogenated alkanes) is 4. The van der Waals surface area contributed by atoms with E-state index < -0.39 is 5.41 Å².